The van der Waals surface area contributed by atoms with Gasteiger partial charge in [-0.25, -0.2) is 4.79 Å². The van der Waals surface area contributed by atoms with Crippen molar-refractivity contribution in [2.75, 3.05) is 6.61 Å². The molecule has 0 aliphatic heterocycles. The molecule has 0 aliphatic carbocycles. The van der Waals surface area contributed by atoms with Crippen LogP contribution >= 0.6 is 0 Å². The molecule has 3 aromatic rings. The molecule has 0 spiro atoms. The van der Waals surface area contributed by atoms with Crippen LogP contribution in [0.4, 0.5) is 0 Å². The zero-order valence-electron chi connectivity index (χ0n) is 27.0. The fourth-order valence-electron chi connectivity index (χ4n) is 5.37. The molecule has 0 bridgehead atoms. The van der Waals surface area contributed by atoms with Crippen molar-refractivity contribution in [3.8, 4) is 17.2 Å². The first kappa shape index (κ1) is 33.0. The van der Waals surface area contributed by atoms with Crippen LogP contribution in [-0.4, -0.2) is 28.9 Å². The Kier molecular flexibility index (Phi) is 11.1. The number of carbonyl (C=O) groups excluding carboxylic acids is 1. The van der Waals surface area contributed by atoms with Crippen molar-refractivity contribution in [1.82, 2.24) is 0 Å². The summed E-state index contributed by atoms with van der Waals surface area (Å²) in [4.78, 5) is 12.2. The SMILES string of the molecule is CCC(CC(CC(C)c1ccc(OC(C)(C)C)cc1)c1ccc(OCC(=O)OC(C)(C)C)c(C)c1)c1ccc(O)cc1. The second-order valence-electron chi connectivity index (χ2n) is 13.4. The summed E-state index contributed by atoms with van der Waals surface area (Å²) in [5.74, 6) is 2.46. The van der Waals surface area contributed by atoms with Gasteiger partial charge in [-0.3, -0.25) is 0 Å². The van der Waals surface area contributed by atoms with Crippen LogP contribution < -0.4 is 9.47 Å². The molecule has 0 amide bonds. The minimum atomic E-state index is -0.545. The van der Waals surface area contributed by atoms with Gasteiger partial charge in [0.05, 0.1) is 0 Å². The summed E-state index contributed by atoms with van der Waals surface area (Å²) < 4.78 is 17.3. The van der Waals surface area contributed by atoms with Gasteiger partial charge in [-0.15, -0.1) is 0 Å². The Morgan fingerprint density at radius 1 is 0.786 bits per heavy atom. The molecule has 5 heteroatoms. The highest BCUT2D eigenvalue weighted by Gasteiger charge is 2.23. The highest BCUT2D eigenvalue weighted by molar-refractivity contribution is 5.71. The summed E-state index contributed by atoms with van der Waals surface area (Å²) in [6, 6.07) is 22.4. The van der Waals surface area contributed by atoms with E-state index in [4.69, 9.17) is 14.2 Å². The lowest BCUT2D eigenvalue weighted by Crippen LogP contribution is -2.27. The van der Waals surface area contributed by atoms with Crippen LogP contribution in [0.1, 0.15) is 115 Å². The van der Waals surface area contributed by atoms with E-state index in [1.165, 1.54) is 16.7 Å². The minimum Gasteiger partial charge on any atom is -0.508 e. The van der Waals surface area contributed by atoms with E-state index in [1.807, 2.05) is 45.9 Å². The maximum absolute atomic E-state index is 12.2. The Hall–Kier alpha value is -3.47. The summed E-state index contributed by atoms with van der Waals surface area (Å²) >= 11 is 0. The molecule has 3 aromatic carbocycles. The van der Waals surface area contributed by atoms with E-state index in [-0.39, 0.29) is 23.9 Å². The molecule has 0 aromatic heterocycles. The van der Waals surface area contributed by atoms with Gasteiger partial charge in [0.25, 0.3) is 0 Å². The number of rotatable bonds is 12. The highest BCUT2D eigenvalue weighted by Crippen LogP contribution is 2.40. The Morgan fingerprint density at radius 3 is 1.93 bits per heavy atom. The van der Waals surface area contributed by atoms with Gasteiger partial charge in [-0.2, -0.15) is 0 Å². The standard InChI is InChI=1S/C37H50O5/c1-10-27(29-11-16-32(38)17-12-29)23-31(21-25(2)28-13-18-33(19-14-28)41-36(4,5)6)30-15-20-34(26(3)22-30)40-24-35(39)42-37(7,8)9/h11-20,22,25,27,31,38H,10,21,23-24H2,1-9H3. The van der Waals surface area contributed by atoms with Crippen molar-refractivity contribution in [1.29, 1.82) is 0 Å². The molecule has 1 N–H and O–H groups in total. The molecule has 0 radical (unpaired) electrons. The van der Waals surface area contributed by atoms with Gasteiger partial charge in [0.15, 0.2) is 6.61 Å². The molecule has 42 heavy (non-hydrogen) atoms. The van der Waals surface area contributed by atoms with Gasteiger partial charge in [-0.05, 0) is 138 Å². The molecule has 3 rings (SSSR count). The van der Waals surface area contributed by atoms with Gasteiger partial charge >= 0.3 is 5.97 Å². The molecule has 0 heterocycles. The van der Waals surface area contributed by atoms with Crippen molar-refractivity contribution in [3.05, 3.63) is 89.0 Å². The monoisotopic (exact) mass is 574 g/mol. The van der Waals surface area contributed by atoms with Gasteiger partial charge < -0.3 is 19.3 Å². The van der Waals surface area contributed by atoms with Crippen LogP contribution in [0.25, 0.3) is 0 Å². The lowest BCUT2D eigenvalue weighted by atomic mass is 9.78. The maximum Gasteiger partial charge on any atom is 0.344 e. The summed E-state index contributed by atoms with van der Waals surface area (Å²) in [6.45, 7) is 18.1. The first-order valence-corrected chi connectivity index (χ1v) is 15.2. The molecule has 5 nitrogen and oxygen atoms in total. The van der Waals surface area contributed by atoms with Crippen molar-refractivity contribution >= 4 is 5.97 Å². The van der Waals surface area contributed by atoms with Crippen LogP contribution in [0, 0.1) is 6.92 Å². The molecular weight excluding hydrogens is 524 g/mol. The third kappa shape index (κ3) is 10.4. The maximum atomic E-state index is 12.2. The molecule has 3 atom stereocenters. The first-order chi connectivity index (χ1) is 19.6. The Bertz CT molecular complexity index is 1280. The van der Waals surface area contributed by atoms with E-state index in [0.29, 0.717) is 23.5 Å². The van der Waals surface area contributed by atoms with Gasteiger partial charge in [-0.1, -0.05) is 50.2 Å². The molecular formula is C37H50O5. The minimum absolute atomic E-state index is 0.119. The van der Waals surface area contributed by atoms with E-state index in [1.54, 1.807) is 12.1 Å². The third-order valence-corrected chi connectivity index (χ3v) is 7.37. The van der Waals surface area contributed by atoms with E-state index in [0.717, 1.165) is 30.6 Å². The van der Waals surface area contributed by atoms with Crippen LogP contribution in [0.5, 0.6) is 17.2 Å². The molecule has 0 aliphatic rings. The molecule has 0 saturated heterocycles. The summed E-state index contributed by atoms with van der Waals surface area (Å²) in [5, 5.41) is 9.84. The molecule has 3 unspecified atom stereocenters. The van der Waals surface area contributed by atoms with Gasteiger partial charge in [0, 0.05) is 0 Å². The van der Waals surface area contributed by atoms with Crippen LogP contribution in [-0.2, 0) is 9.53 Å². The number of phenols is 1. The second kappa shape index (κ2) is 14.1. The fourth-order valence-corrected chi connectivity index (χ4v) is 5.37. The predicted molar refractivity (Wildman–Crippen MR) is 171 cm³/mol. The normalized spacial score (nSPS) is 14.1. The number of benzene rings is 3. The van der Waals surface area contributed by atoms with Crippen LogP contribution in [0.15, 0.2) is 66.7 Å². The Morgan fingerprint density at radius 2 is 1.38 bits per heavy atom. The zero-order chi connectivity index (χ0) is 31.1. The van der Waals surface area contributed by atoms with E-state index in [9.17, 15) is 9.90 Å². The van der Waals surface area contributed by atoms with Crippen LogP contribution in [0.2, 0.25) is 0 Å². The number of carbonyl (C=O) groups is 1. The van der Waals surface area contributed by atoms with E-state index in [2.05, 4.69) is 71.0 Å². The molecule has 0 fully saturated rings. The van der Waals surface area contributed by atoms with Crippen molar-refractivity contribution < 1.29 is 24.1 Å². The smallest absolute Gasteiger partial charge is 0.344 e. The predicted octanol–water partition coefficient (Wildman–Crippen LogP) is 9.46. The van der Waals surface area contributed by atoms with Gasteiger partial charge in [0.1, 0.15) is 28.5 Å². The van der Waals surface area contributed by atoms with Crippen molar-refractivity contribution in [2.45, 2.75) is 111 Å². The number of esters is 1. The molecule has 228 valence electrons. The first-order valence-electron chi connectivity index (χ1n) is 15.2. The lowest BCUT2D eigenvalue weighted by Gasteiger charge is -2.27. The van der Waals surface area contributed by atoms with Crippen molar-refractivity contribution in [3.63, 3.8) is 0 Å². The summed E-state index contributed by atoms with van der Waals surface area (Å²) in [7, 11) is 0. The summed E-state index contributed by atoms with van der Waals surface area (Å²) in [6.07, 6.45) is 2.96. The number of ether oxygens (including phenoxy) is 3. The topological polar surface area (TPSA) is 65.0 Å². The average molecular weight is 575 g/mol. The summed E-state index contributed by atoms with van der Waals surface area (Å²) in [5.41, 5.74) is 4.00. The average Bonchev–Trinajstić information content (AvgIpc) is 2.89. The second-order valence-corrected chi connectivity index (χ2v) is 13.4. The fraction of sp³-hybridized carbons (Fsp3) is 0.486. The van der Waals surface area contributed by atoms with E-state index < -0.39 is 5.60 Å². The Balaban J connectivity index is 1.84. The van der Waals surface area contributed by atoms with Crippen LogP contribution in [0.3, 0.4) is 0 Å². The largest absolute Gasteiger partial charge is 0.508 e. The van der Waals surface area contributed by atoms with E-state index >= 15 is 0 Å². The lowest BCUT2D eigenvalue weighted by molar-refractivity contribution is -0.157. The van der Waals surface area contributed by atoms with Crippen molar-refractivity contribution in [2.24, 2.45) is 0 Å². The number of phenolic OH excluding ortho intramolecular Hbond substituents is 1. The quantitative estimate of drug-likeness (QED) is 0.218. The number of aryl methyl sites for hydroxylation is 1. The zero-order valence-corrected chi connectivity index (χ0v) is 27.0. The third-order valence-electron chi connectivity index (χ3n) is 7.37. The Labute approximate surface area is 253 Å². The number of hydrogen-bond acceptors (Lipinski definition) is 5. The van der Waals surface area contributed by atoms with Gasteiger partial charge in [0.2, 0.25) is 0 Å². The molecule has 0 saturated carbocycles. The number of hydrogen-bond donors (Lipinski definition) is 1. The highest BCUT2D eigenvalue weighted by atomic mass is 16.6. The number of aromatic hydroxyl groups is 1.